The lowest BCUT2D eigenvalue weighted by Gasteiger charge is -2.16. The number of fused-ring (bicyclic) bond motifs is 1. The van der Waals surface area contributed by atoms with Gasteiger partial charge in [-0.3, -0.25) is 28.9 Å². The van der Waals surface area contributed by atoms with Gasteiger partial charge in [-0.1, -0.05) is 58.9 Å². The summed E-state index contributed by atoms with van der Waals surface area (Å²) < 4.78 is 18.4. The van der Waals surface area contributed by atoms with E-state index in [9.17, 15) is 18.9 Å². The number of aryl methyl sites for hydroxylation is 1. The van der Waals surface area contributed by atoms with E-state index in [1.807, 2.05) is 38.1 Å². The lowest BCUT2D eigenvalue weighted by atomic mass is 9.95. The number of halogens is 3. The predicted octanol–water partition coefficient (Wildman–Crippen LogP) is 4.12. The number of rotatable bonds is 9. The zero-order chi connectivity index (χ0) is 35.6. The molecule has 0 aliphatic carbocycles. The molecule has 2 aliphatic rings. The molecule has 1 saturated heterocycles. The first-order valence-electron chi connectivity index (χ1n) is 14.4. The fourth-order valence-electron chi connectivity index (χ4n) is 4.37. The highest BCUT2D eigenvalue weighted by Crippen LogP contribution is 2.33. The first-order valence-corrected chi connectivity index (χ1v) is 17.4. The Morgan fingerprint density at radius 3 is 2.44 bits per heavy atom. The molecule has 5 rings (SSSR count). The molecule has 0 radical (unpaired) electrons. The van der Waals surface area contributed by atoms with Crippen molar-refractivity contribution in [3.63, 3.8) is 0 Å². The summed E-state index contributed by atoms with van der Waals surface area (Å²) in [6.07, 6.45) is 7.37. The Morgan fingerprint density at radius 2 is 1.85 bits per heavy atom. The minimum Gasteiger partial charge on any atom is -0.480 e. The number of aliphatic carboxylic acids is 1. The van der Waals surface area contributed by atoms with Crippen LogP contribution < -0.4 is 15.7 Å². The Balaban J connectivity index is 0.000000211. The topological polar surface area (TPSA) is 185 Å². The van der Waals surface area contributed by atoms with Crippen molar-refractivity contribution >= 4 is 54.3 Å². The van der Waals surface area contributed by atoms with Gasteiger partial charge in [-0.25, -0.2) is 9.86 Å². The van der Waals surface area contributed by atoms with Crippen molar-refractivity contribution in [3.8, 4) is 23.8 Å². The Hall–Kier alpha value is -3.38. The summed E-state index contributed by atoms with van der Waals surface area (Å²) in [4.78, 5) is 55.9. The van der Waals surface area contributed by atoms with E-state index in [-0.39, 0.29) is 18.2 Å². The molecule has 1 fully saturated rings. The van der Waals surface area contributed by atoms with Crippen molar-refractivity contribution in [1.82, 2.24) is 24.7 Å². The van der Waals surface area contributed by atoms with Crippen molar-refractivity contribution in [2.24, 2.45) is 5.41 Å². The molecular formula is C30H35Cl3N5O9P. The fraction of sp³-hybridized carbons (Fsp3) is 0.400. The molecule has 0 atom stereocenters. The molecule has 0 saturated carbocycles. The summed E-state index contributed by atoms with van der Waals surface area (Å²) in [5.41, 5.74) is 0.698. The van der Waals surface area contributed by atoms with Gasteiger partial charge in [-0.05, 0) is 44.4 Å². The van der Waals surface area contributed by atoms with Crippen LogP contribution in [0.1, 0.15) is 38.1 Å². The van der Waals surface area contributed by atoms with Crippen LogP contribution in [0.4, 0.5) is 0 Å². The van der Waals surface area contributed by atoms with Gasteiger partial charge in [0.25, 0.3) is 5.91 Å². The third kappa shape index (κ3) is 11.1. The zero-order valence-corrected chi connectivity index (χ0v) is 29.2. The van der Waals surface area contributed by atoms with Gasteiger partial charge in [-0.15, -0.1) is 11.5 Å². The number of carbonyl (C=O) groups excluding carboxylic acids is 1. The zero-order valence-electron chi connectivity index (χ0n) is 26.1. The highest BCUT2D eigenvalue weighted by molar-refractivity contribution is 7.51. The van der Waals surface area contributed by atoms with Crippen LogP contribution >= 0.6 is 42.4 Å². The number of amides is 1. The van der Waals surface area contributed by atoms with Gasteiger partial charge in [-0.2, -0.15) is 4.68 Å². The van der Waals surface area contributed by atoms with E-state index in [1.54, 1.807) is 10.6 Å². The second-order valence-electron chi connectivity index (χ2n) is 11.2. The number of nitrogens with zero attached hydrogens (tertiary/aromatic N) is 4. The van der Waals surface area contributed by atoms with E-state index in [4.69, 9.17) is 65.7 Å². The highest BCUT2D eigenvalue weighted by atomic mass is 35.5. The summed E-state index contributed by atoms with van der Waals surface area (Å²) in [6, 6.07) is 10.6. The van der Waals surface area contributed by atoms with Crippen LogP contribution in [0.5, 0.6) is 5.75 Å². The summed E-state index contributed by atoms with van der Waals surface area (Å²) in [5, 5.41) is 17.1. The molecular weight excluding hydrogens is 712 g/mol. The highest BCUT2D eigenvalue weighted by Gasteiger charge is 2.40. The van der Waals surface area contributed by atoms with Gasteiger partial charge in [0, 0.05) is 24.1 Å². The summed E-state index contributed by atoms with van der Waals surface area (Å²) in [7, 11) is -4.10. The fourth-order valence-corrected chi connectivity index (χ4v) is 5.49. The number of hydrogen-bond acceptors (Lipinski definition) is 8. The average Bonchev–Trinajstić information content (AvgIpc) is 3.48. The maximum absolute atomic E-state index is 12.5. The summed E-state index contributed by atoms with van der Waals surface area (Å²) in [6.45, 7) is 4.91. The second kappa shape index (κ2) is 17.3. The first kappa shape index (κ1) is 39.1. The molecule has 1 amide bonds. The number of carboxylic acid groups (broad SMARTS) is 1. The molecule has 2 aliphatic heterocycles. The SMILES string of the molecule is C#CCOc1cc(-n2nc3n(c2=O)CCCC3)c(Cl)cc1Cl.CC1(C)CON(Cc2ccccc2Cl)C1=O.O=C(O)CNCP(=O)(O)O. The normalized spacial score (nSPS) is 15.0. The van der Waals surface area contributed by atoms with Gasteiger partial charge >= 0.3 is 19.3 Å². The Kier molecular flexibility index (Phi) is 14.1. The standard InChI is InChI=1S/C15H13Cl2N3O2.C12H14ClNO2.C3H8NO5P/c1-2-7-22-13-9-12(10(16)8-11(13)17)20-15(21)19-6-4-3-5-14(19)18-20;1-12(2)8-16-14(11(12)15)7-9-5-3-4-6-10(9)13;5-3(6)1-4-2-10(7,8)9/h1,8-9H,3-7H2;3-6H,7-8H2,1-2H3;4H,1-2H2,(H,5,6)(H2,7,8,9). The van der Waals surface area contributed by atoms with Crippen molar-refractivity contribution in [2.75, 3.05) is 26.0 Å². The third-order valence-electron chi connectivity index (χ3n) is 6.76. The molecule has 4 N–H and O–H groups in total. The molecule has 48 heavy (non-hydrogen) atoms. The molecule has 3 heterocycles. The van der Waals surface area contributed by atoms with Crippen LogP contribution in [0.25, 0.3) is 5.69 Å². The van der Waals surface area contributed by atoms with Gasteiger partial charge in [0.2, 0.25) is 0 Å². The molecule has 2 aromatic carbocycles. The number of terminal acetylenes is 1. The second-order valence-corrected chi connectivity index (χ2v) is 14.0. The molecule has 260 valence electrons. The maximum atomic E-state index is 12.5. The number of ether oxygens (including phenoxy) is 1. The number of hydroxylamine groups is 2. The van der Waals surface area contributed by atoms with Gasteiger partial charge in [0.1, 0.15) is 18.2 Å². The van der Waals surface area contributed by atoms with E-state index >= 15 is 0 Å². The molecule has 0 spiro atoms. The van der Waals surface area contributed by atoms with E-state index in [2.05, 4.69) is 16.3 Å². The van der Waals surface area contributed by atoms with Crippen LogP contribution in [0.15, 0.2) is 41.2 Å². The third-order valence-corrected chi connectivity index (χ3v) is 8.37. The van der Waals surface area contributed by atoms with Crippen molar-refractivity contribution in [1.29, 1.82) is 0 Å². The Bertz CT molecular complexity index is 1770. The number of carboxylic acids is 1. The smallest absolute Gasteiger partial charge is 0.350 e. The number of nitrogens with one attached hydrogen (secondary N) is 1. The number of carbonyl (C=O) groups is 2. The van der Waals surface area contributed by atoms with E-state index < -0.39 is 31.8 Å². The van der Waals surface area contributed by atoms with Crippen LogP contribution in [0, 0.1) is 17.8 Å². The van der Waals surface area contributed by atoms with Crippen molar-refractivity contribution < 1.29 is 38.6 Å². The number of benzene rings is 2. The summed E-state index contributed by atoms with van der Waals surface area (Å²) >= 11 is 18.3. The molecule has 14 nitrogen and oxygen atoms in total. The van der Waals surface area contributed by atoms with Gasteiger partial charge in [0.05, 0.1) is 47.1 Å². The first-order chi connectivity index (χ1) is 22.5. The molecule has 0 unspecified atom stereocenters. The van der Waals surface area contributed by atoms with Gasteiger partial charge in [0.15, 0.2) is 0 Å². The van der Waals surface area contributed by atoms with E-state index in [0.29, 0.717) is 46.2 Å². The molecule has 3 aromatic rings. The number of hydrogen-bond donors (Lipinski definition) is 4. The maximum Gasteiger partial charge on any atom is 0.350 e. The van der Waals surface area contributed by atoms with Crippen molar-refractivity contribution in [3.05, 3.63) is 73.3 Å². The molecule has 1 aromatic heterocycles. The van der Waals surface area contributed by atoms with Crippen LogP contribution in [-0.4, -0.2) is 72.2 Å². The van der Waals surface area contributed by atoms with Gasteiger partial charge < -0.3 is 19.6 Å². The van der Waals surface area contributed by atoms with Crippen LogP contribution in [0.3, 0.4) is 0 Å². The van der Waals surface area contributed by atoms with Crippen LogP contribution in [-0.2, 0) is 38.5 Å². The van der Waals surface area contributed by atoms with E-state index in [1.165, 1.54) is 15.8 Å². The lowest BCUT2D eigenvalue weighted by molar-refractivity contribution is -0.165. The molecule has 18 heteroatoms. The Morgan fingerprint density at radius 1 is 1.15 bits per heavy atom. The average molecular weight is 747 g/mol. The summed E-state index contributed by atoms with van der Waals surface area (Å²) in [5.74, 6) is 2.37. The minimum atomic E-state index is -4.10. The van der Waals surface area contributed by atoms with E-state index in [0.717, 1.165) is 30.7 Å². The minimum absolute atomic E-state index is 0.00687. The Labute approximate surface area is 291 Å². The predicted molar refractivity (Wildman–Crippen MR) is 179 cm³/mol. The monoisotopic (exact) mass is 745 g/mol. The number of aromatic nitrogens is 3. The largest absolute Gasteiger partial charge is 0.480 e. The molecule has 0 bridgehead atoms. The van der Waals surface area contributed by atoms with Crippen molar-refractivity contribution in [2.45, 2.75) is 46.2 Å². The quantitative estimate of drug-likeness (QED) is 0.182. The lowest BCUT2D eigenvalue weighted by Crippen LogP contribution is -2.30. The van der Waals surface area contributed by atoms with Crippen LogP contribution in [0.2, 0.25) is 15.1 Å².